The van der Waals surface area contributed by atoms with Crippen LogP contribution in [-0.2, 0) is 11.2 Å². The van der Waals surface area contributed by atoms with E-state index in [2.05, 4.69) is 4.98 Å². The second kappa shape index (κ2) is 5.16. The highest BCUT2D eigenvalue weighted by Crippen LogP contribution is 2.23. The maximum Gasteiger partial charge on any atom is 0.309 e. The Hall–Kier alpha value is -1.30. The van der Waals surface area contributed by atoms with E-state index in [0.717, 1.165) is 6.07 Å². The zero-order valence-corrected chi connectivity index (χ0v) is 9.90. The number of carbonyl (C=O) groups is 1. The van der Waals surface area contributed by atoms with E-state index in [4.69, 9.17) is 10.4 Å². The Bertz CT molecular complexity index is 471. The molecule has 1 N–H and O–H groups in total. The van der Waals surface area contributed by atoms with Crippen LogP contribution in [0.1, 0.15) is 23.4 Å². The number of halogens is 3. The summed E-state index contributed by atoms with van der Waals surface area (Å²) in [6.45, 7) is 0. The van der Waals surface area contributed by atoms with Crippen LogP contribution in [0.25, 0.3) is 0 Å². The van der Waals surface area contributed by atoms with E-state index in [-0.39, 0.29) is 14.8 Å². The molecule has 0 bridgehead atoms. The average Bonchev–Trinajstić information content (AvgIpc) is 2.16. The molecule has 4 nitrogen and oxygen atoms in total. The smallest absolute Gasteiger partial charge is 0.309 e. The molecule has 0 fully saturated rings. The molecule has 0 radical (unpaired) electrons. The van der Waals surface area contributed by atoms with Crippen LogP contribution in [0.15, 0.2) is 6.07 Å². The zero-order valence-electron chi connectivity index (χ0n) is 7.75. The fraction of sp³-hybridized carbons (Fsp3) is 0.222. The monoisotopic (exact) mass is 338 g/mol. The molecule has 0 aliphatic carbocycles. The Kier molecular flexibility index (Phi) is 4.12. The molecular formula is C9H5F2IN2O2. The standard InChI is InChI=1S/C9H5F2IN2O2/c10-9(11)7-1-5(12)4(3-13)6(14-7)2-8(15)16/h1,9H,2H2,(H,15,16). The van der Waals surface area contributed by atoms with Crippen molar-refractivity contribution in [2.24, 2.45) is 0 Å². The lowest BCUT2D eigenvalue weighted by Crippen LogP contribution is -2.08. The third-order valence-corrected chi connectivity index (χ3v) is 2.57. The number of carboxylic acid groups (broad SMARTS) is 1. The van der Waals surface area contributed by atoms with Crippen LogP contribution in [0.3, 0.4) is 0 Å². The Labute approximate surface area is 103 Å². The van der Waals surface area contributed by atoms with E-state index in [1.54, 1.807) is 28.7 Å². The molecular weight excluding hydrogens is 333 g/mol. The highest BCUT2D eigenvalue weighted by molar-refractivity contribution is 14.1. The number of nitrogens with zero attached hydrogens (tertiary/aromatic N) is 2. The minimum absolute atomic E-state index is 0.0346. The number of hydrogen-bond donors (Lipinski definition) is 1. The van der Waals surface area contributed by atoms with Crippen LogP contribution >= 0.6 is 22.6 Å². The van der Waals surface area contributed by atoms with Crippen molar-refractivity contribution in [3.8, 4) is 6.07 Å². The highest BCUT2D eigenvalue weighted by Gasteiger charge is 2.17. The van der Waals surface area contributed by atoms with Gasteiger partial charge in [0.25, 0.3) is 6.43 Å². The Balaban J connectivity index is 3.32. The van der Waals surface area contributed by atoms with Gasteiger partial charge in [0, 0.05) is 3.57 Å². The maximum absolute atomic E-state index is 12.4. The molecule has 1 heterocycles. The van der Waals surface area contributed by atoms with Crippen LogP contribution in [0, 0.1) is 14.9 Å². The lowest BCUT2D eigenvalue weighted by atomic mass is 10.1. The summed E-state index contributed by atoms with van der Waals surface area (Å²) in [6.07, 6.45) is -3.33. The normalized spacial score (nSPS) is 10.2. The number of aliphatic carboxylic acids is 1. The highest BCUT2D eigenvalue weighted by atomic mass is 127. The van der Waals surface area contributed by atoms with Crippen molar-refractivity contribution in [3.63, 3.8) is 0 Å². The predicted molar refractivity (Wildman–Crippen MR) is 58.0 cm³/mol. The Morgan fingerprint density at radius 3 is 2.75 bits per heavy atom. The minimum atomic E-state index is -2.78. The van der Waals surface area contributed by atoms with Gasteiger partial charge in [-0.3, -0.25) is 4.79 Å². The topological polar surface area (TPSA) is 74.0 Å². The van der Waals surface area contributed by atoms with E-state index < -0.39 is 24.5 Å². The zero-order chi connectivity index (χ0) is 12.3. The van der Waals surface area contributed by atoms with Gasteiger partial charge >= 0.3 is 5.97 Å². The van der Waals surface area contributed by atoms with Crippen molar-refractivity contribution < 1.29 is 18.7 Å². The van der Waals surface area contributed by atoms with Crippen LogP contribution in [-0.4, -0.2) is 16.1 Å². The molecule has 0 unspecified atom stereocenters. The van der Waals surface area contributed by atoms with Gasteiger partial charge in [-0.2, -0.15) is 5.26 Å². The first kappa shape index (κ1) is 12.8. The average molecular weight is 338 g/mol. The molecule has 16 heavy (non-hydrogen) atoms. The molecule has 0 aromatic carbocycles. The van der Waals surface area contributed by atoms with Gasteiger partial charge in [0.2, 0.25) is 0 Å². The predicted octanol–water partition coefficient (Wildman–Crippen LogP) is 2.12. The first-order valence-corrected chi connectivity index (χ1v) is 5.13. The SMILES string of the molecule is N#Cc1c(I)cc(C(F)F)nc1CC(=O)O. The number of hydrogen-bond acceptors (Lipinski definition) is 3. The number of nitriles is 1. The fourth-order valence-electron chi connectivity index (χ4n) is 1.08. The summed E-state index contributed by atoms with van der Waals surface area (Å²) in [5, 5.41) is 17.3. The van der Waals surface area contributed by atoms with Crippen molar-refractivity contribution in [1.82, 2.24) is 4.98 Å². The molecule has 0 spiro atoms. The first-order chi connectivity index (χ1) is 7.45. The van der Waals surface area contributed by atoms with Crippen LogP contribution in [0.2, 0.25) is 0 Å². The first-order valence-electron chi connectivity index (χ1n) is 4.05. The van der Waals surface area contributed by atoms with Gasteiger partial charge in [-0.15, -0.1) is 0 Å². The molecule has 0 aliphatic heterocycles. The molecule has 0 aliphatic rings. The van der Waals surface area contributed by atoms with Crippen LogP contribution < -0.4 is 0 Å². The number of carboxylic acids is 1. The van der Waals surface area contributed by atoms with E-state index in [1.165, 1.54) is 0 Å². The molecule has 1 aromatic rings. The molecule has 0 saturated heterocycles. The van der Waals surface area contributed by atoms with Gasteiger partial charge in [0.05, 0.1) is 17.7 Å². The summed E-state index contributed by atoms with van der Waals surface area (Å²) in [5.41, 5.74) is -0.607. The maximum atomic E-state index is 12.4. The van der Waals surface area contributed by atoms with Gasteiger partial charge in [-0.05, 0) is 28.7 Å². The quantitative estimate of drug-likeness (QED) is 0.857. The summed E-state index contributed by atoms with van der Waals surface area (Å²) in [7, 11) is 0. The van der Waals surface area contributed by atoms with Gasteiger partial charge in [-0.25, -0.2) is 13.8 Å². The van der Waals surface area contributed by atoms with Crippen molar-refractivity contribution >= 4 is 28.6 Å². The summed E-state index contributed by atoms with van der Waals surface area (Å²) >= 11 is 1.70. The van der Waals surface area contributed by atoms with E-state index in [1.807, 2.05) is 0 Å². The third kappa shape index (κ3) is 2.85. The molecule has 1 aromatic heterocycles. The lowest BCUT2D eigenvalue weighted by Gasteiger charge is -2.06. The Morgan fingerprint density at radius 1 is 1.69 bits per heavy atom. The number of aromatic nitrogens is 1. The van der Waals surface area contributed by atoms with E-state index in [0.29, 0.717) is 0 Å². The van der Waals surface area contributed by atoms with Crippen molar-refractivity contribution in [2.45, 2.75) is 12.8 Å². The Morgan fingerprint density at radius 2 is 2.31 bits per heavy atom. The second-order valence-corrected chi connectivity index (χ2v) is 4.00. The van der Waals surface area contributed by atoms with Gasteiger partial charge < -0.3 is 5.11 Å². The molecule has 0 amide bonds. The van der Waals surface area contributed by atoms with Crippen LogP contribution in [0.4, 0.5) is 8.78 Å². The lowest BCUT2D eigenvalue weighted by molar-refractivity contribution is -0.136. The summed E-state index contributed by atoms with van der Waals surface area (Å²) in [4.78, 5) is 14.0. The van der Waals surface area contributed by atoms with Gasteiger partial charge in [0.1, 0.15) is 11.8 Å². The summed E-state index contributed by atoms with van der Waals surface area (Å²) in [5.74, 6) is -1.22. The number of rotatable bonds is 3. The number of pyridine rings is 1. The summed E-state index contributed by atoms with van der Waals surface area (Å²) in [6, 6.07) is 2.84. The van der Waals surface area contributed by atoms with Crippen molar-refractivity contribution in [2.75, 3.05) is 0 Å². The summed E-state index contributed by atoms with van der Waals surface area (Å²) < 4.78 is 25.1. The molecule has 84 valence electrons. The number of alkyl halides is 2. The molecule has 1 rings (SSSR count). The molecule has 0 atom stereocenters. The van der Waals surface area contributed by atoms with Gasteiger partial charge in [0.15, 0.2) is 0 Å². The van der Waals surface area contributed by atoms with Crippen molar-refractivity contribution in [3.05, 3.63) is 26.6 Å². The van der Waals surface area contributed by atoms with E-state index in [9.17, 15) is 13.6 Å². The van der Waals surface area contributed by atoms with E-state index >= 15 is 0 Å². The fourth-order valence-corrected chi connectivity index (χ4v) is 1.84. The van der Waals surface area contributed by atoms with Gasteiger partial charge in [-0.1, -0.05) is 0 Å². The second-order valence-electron chi connectivity index (χ2n) is 2.83. The minimum Gasteiger partial charge on any atom is -0.481 e. The molecule has 7 heteroatoms. The largest absolute Gasteiger partial charge is 0.481 e. The van der Waals surface area contributed by atoms with Crippen LogP contribution in [0.5, 0.6) is 0 Å². The molecule has 0 saturated carbocycles. The van der Waals surface area contributed by atoms with Crippen molar-refractivity contribution in [1.29, 1.82) is 5.26 Å². The third-order valence-electron chi connectivity index (χ3n) is 1.72.